The Kier molecular flexibility index (Phi) is 6.63. The van der Waals surface area contributed by atoms with Gasteiger partial charge in [0.25, 0.3) is 0 Å². The second-order valence-electron chi connectivity index (χ2n) is 6.94. The van der Waals surface area contributed by atoms with E-state index in [4.69, 9.17) is 29.6 Å². The molecule has 27 heavy (non-hydrogen) atoms. The van der Waals surface area contributed by atoms with Crippen LogP contribution in [0, 0.1) is 12.3 Å². The van der Waals surface area contributed by atoms with E-state index in [1.165, 1.54) is 5.57 Å². The normalized spacial score (nSPS) is 16.5. The first-order chi connectivity index (χ1) is 13.0. The summed E-state index contributed by atoms with van der Waals surface area (Å²) in [5, 5.41) is 11.6. The van der Waals surface area contributed by atoms with Crippen LogP contribution in [0.2, 0.25) is 10.0 Å². The predicted octanol–water partition coefficient (Wildman–Crippen LogP) is 5.28. The molecule has 0 atom stereocenters. The smallest absolute Gasteiger partial charge is 0.127 e. The average Bonchev–Trinajstić information content (AvgIpc) is 2.69. The Balaban J connectivity index is 1.72. The van der Waals surface area contributed by atoms with Crippen molar-refractivity contribution in [3.05, 3.63) is 75.8 Å². The molecule has 4 heteroatoms. The molecule has 1 heterocycles. The molecule has 0 radical (unpaired) electrons. The summed E-state index contributed by atoms with van der Waals surface area (Å²) >= 11 is 12.1. The summed E-state index contributed by atoms with van der Waals surface area (Å²) in [6, 6.07) is 15.8. The number of likely N-dealkylation sites (tertiary alicyclic amines) is 1. The summed E-state index contributed by atoms with van der Waals surface area (Å²) in [5.41, 5.74) is 2.49. The summed E-state index contributed by atoms with van der Waals surface area (Å²) in [6.07, 6.45) is 9.86. The molecule has 0 bridgehead atoms. The maximum absolute atomic E-state index is 10.2. The monoisotopic (exact) mass is 399 g/mol. The van der Waals surface area contributed by atoms with E-state index in [9.17, 15) is 5.11 Å². The fourth-order valence-corrected chi connectivity index (χ4v) is 3.60. The van der Waals surface area contributed by atoms with Crippen LogP contribution in [0.15, 0.2) is 54.6 Å². The predicted molar refractivity (Wildman–Crippen MR) is 114 cm³/mol. The Morgan fingerprint density at radius 1 is 1.00 bits per heavy atom. The SMILES string of the molecule is C#CC1(O)CCN(CCC=C(c2ccc(Cl)cc2)c2ccc(Cl)cc2)CC1. The van der Waals surface area contributed by atoms with Crippen molar-refractivity contribution < 1.29 is 5.11 Å². The van der Waals surface area contributed by atoms with Gasteiger partial charge in [0.05, 0.1) is 0 Å². The van der Waals surface area contributed by atoms with E-state index in [-0.39, 0.29) is 0 Å². The van der Waals surface area contributed by atoms with Crippen LogP contribution in [-0.2, 0) is 0 Å². The number of hydrogen-bond acceptors (Lipinski definition) is 2. The van der Waals surface area contributed by atoms with Gasteiger partial charge in [-0.2, -0.15) is 0 Å². The maximum Gasteiger partial charge on any atom is 0.127 e. The van der Waals surface area contributed by atoms with Crippen molar-refractivity contribution in [3.8, 4) is 12.3 Å². The minimum atomic E-state index is -0.926. The van der Waals surface area contributed by atoms with Gasteiger partial charge in [-0.15, -0.1) is 6.42 Å². The quantitative estimate of drug-likeness (QED) is 0.691. The van der Waals surface area contributed by atoms with Crippen molar-refractivity contribution in [3.63, 3.8) is 0 Å². The van der Waals surface area contributed by atoms with Crippen molar-refractivity contribution in [2.75, 3.05) is 19.6 Å². The van der Waals surface area contributed by atoms with Gasteiger partial charge < -0.3 is 10.0 Å². The number of rotatable bonds is 5. The Morgan fingerprint density at radius 2 is 1.48 bits per heavy atom. The lowest BCUT2D eigenvalue weighted by Crippen LogP contribution is -2.43. The van der Waals surface area contributed by atoms with Gasteiger partial charge in [-0.1, -0.05) is 59.5 Å². The van der Waals surface area contributed by atoms with Crippen LogP contribution >= 0.6 is 23.2 Å². The summed E-state index contributed by atoms with van der Waals surface area (Å²) in [5.74, 6) is 2.52. The molecular formula is C23H23Cl2NO. The second-order valence-corrected chi connectivity index (χ2v) is 7.81. The molecule has 140 valence electrons. The molecule has 1 N–H and O–H groups in total. The molecule has 1 aliphatic heterocycles. The lowest BCUT2D eigenvalue weighted by Gasteiger charge is -2.34. The Bertz CT molecular complexity index is 779. The molecule has 1 aliphatic rings. The third-order valence-electron chi connectivity index (χ3n) is 5.06. The van der Waals surface area contributed by atoms with E-state index >= 15 is 0 Å². The zero-order valence-electron chi connectivity index (χ0n) is 15.2. The van der Waals surface area contributed by atoms with E-state index in [0.717, 1.165) is 47.2 Å². The minimum Gasteiger partial charge on any atom is -0.378 e. The van der Waals surface area contributed by atoms with Crippen molar-refractivity contribution in [2.45, 2.75) is 24.9 Å². The molecule has 0 unspecified atom stereocenters. The summed E-state index contributed by atoms with van der Waals surface area (Å²) in [6.45, 7) is 2.59. The largest absolute Gasteiger partial charge is 0.378 e. The number of aliphatic hydroxyl groups is 1. The first kappa shape index (κ1) is 20.0. The van der Waals surface area contributed by atoms with Crippen molar-refractivity contribution in [1.29, 1.82) is 0 Å². The van der Waals surface area contributed by atoms with Gasteiger partial charge in [0.1, 0.15) is 5.60 Å². The third-order valence-corrected chi connectivity index (χ3v) is 5.56. The molecule has 1 fully saturated rings. The highest BCUT2D eigenvalue weighted by Crippen LogP contribution is 2.27. The van der Waals surface area contributed by atoms with Gasteiger partial charge in [0, 0.05) is 42.5 Å². The molecule has 1 saturated heterocycles. The van der Waals surface area contributed by atoms with Crippen molar-refractivity contribution >= 4 is 28.8 Å². The number of hydrogen-bond donors (Lipinski definition) is 1. The standard InChI is InChI=1S/C23H23Cl2NO/c1-2-23(27)13-16-26(17-14-23)15-3-4-22(18-5-9-20(24)10-6-18)19-7-11-21(25)12-8-19/h1,4-12,27H,3,13-17H2. The van der Waals surface area contributed by atoms with E-state index in [1.54, 1.807) is 0 Å². The van der Waals surface area contributed by atoms with Crippen LogP contribution in [0.25, 0.3) is 5.57 Å². The van der Waals surface area contributed by atoms with Gasteiger partial charge in [0.15, 0.2) is 0 Å². The first-order valence-corrected chi connectivity index (χ1v) is 9.89. The Labute approximate surface area is 171 Å². The molecular weight excluding hydrogens is 377 g/mol. The molecule has 2 nitrogen and oxygen atoms in total. The highest BCUT2D eigenvalue weighted by Gasteiger charge is 2.29. The lowest BCUT2D eigenvalue weighted by molar-refractivity contribution is 0.0279. The van der Waals surface area contributed by atoms with Crippen molar-refractivity contribution in [1.82, 2.24) is 4.90 Å². The third kappa shape index (κ3) is 5.37. The molecule has 2 aromatic rings. The van der Waals surface area contributed by atoms with Crippen LogP contribution in [0.4, 0.5) is 0 Å². The van der Waals surface area contributed by atoms with Gasteiger partial charge in [-0.05, 0) is 47.4 Å². The van der Waals surface area contributed by atoms with Crippen LogP contribution < -0.4 is 0 Å². The highest BCUT2D eigenvalue weighted by molar-refractivity contribution is 6.31. The minimum absolute atomic E-state index is 0.633. The molecule has 0 spiro atoms. The van der Waals surface area contributed by atoms with E-state index in [2.05, 4.69) is 16.9 Å². The number of benzene rings is 2. The summed E-state index contributed by atoms with van der Waals surface area (Å²) in [7, 11) is 0. The van der Waals surface area contributed by atoms with Crippen LogP contribution in [-0.4, -0.2) is 35.2 Å². The van der Waals surface area contributed by atoms with Gasteiger partial charge in [0.2, 0.25) is 0 Å². The molecule has 0 amide bonds. The number of halogens is 2. The molecule has 0 saturated carbocycles. The number of piperidine rings is 1. The van der Waals surface area contributed by atoms with Crippen LogP contribution in [0.3, 0.4) is 0 Å². The van der Waals surface area contributed by atoms with Gasteiger partial charge in [-0.3, -0.25) is 0 Å². The lowest BCUT2D eigenvalue weighted by atomic mass is 9.92. The fraction of sp³-hybridized carbons (Fsp3) is 0.304. The van der Waals surface area contributed by atoms with Crippen molar-refractivity contribution in [2.24, 2.45) is 0 Å². The maximum atomic E-state index is 10.2. The Hall–Kier alpha value is -1.76. The Morgan fingerprint density at radius 3 is 1.93 bits per heavy atom. The molecule has 3 rings (SSSR count). The van der Waals surface area contributed by atoms with Crippen LogP contribution in [0.5, 0.6) is 0 Å². The van der Waals surface area contributed by atoms with E-state index < -0.39 is 5.60 Å². The topological polar surface area (TPSA) is 23.5 Å². The zero-order valence-corrected chi connectivity index (χ0v) is 16.7. The molecule has 0 aromatic heterocycles. The highest BCUT2D eigenvalue weighted by atomic mass is 35.5. The average molecular weight is 400 g/mol. The summed E-state index contributed by atoms with van der Waals surface area (Å²) in [4.78, 5) is 2.35. The van der Waals surface area contributed by atoms with E-state index in [1.807, 2.05) is 48.5 Å². The number of nitrogens with zero attached hydrogens (tertiary/aromatic N) is 1. The van der Waals surface area contributed by atoms with Crippen LogP contribution in [0.1, 0.15) is 30.4 Å². The zero-order chi connectivity index (χ0) is 19.3. The summed E-state index contributed by atoms with van der Waals surface area (Å²) < 4.78 is 0. The number of terminal acetylenes is 1. The second kappa shape index (κ2) is 8.95. The molecule has 0 aliphatic carbocycles. The van der Waals surface area contributed by atoms with Gasteiger partial charge >= 0.3 is 0 Å². The molecule has 2 aromatic carbocycles. The van der Waals surface area contributed by atoms with Gasteiger partial charge in [-0.25, -0.2) is 0 Å². The fourth-order valence-electron chi connectivity index (χ4n) is 3.34. The first-order valence-electron chi connectivity index (χ1n) is 9.14. The van der Waals surface area contributed by atoms with E-state index in [0.29, 0.717) is 12.8 Å².